The molecule has 2 aromatic carbocycles. The third-order valence-corrected chi connectivity index (χ3v) is 4.30. The topological polar surface area (TPSA) is 34.0 Å². The summed E-state index contributed by atoms with van der Waals surface area (Å²) >= 11 is 0. The SMILES string of the molecule is Cc1cc2ccccc2n1CC(=O)NC(C)Cc1c(F)cccc1F. The average Bonchev–Trinajstić information content (AvgIpc) is 2.87. The number of para-hydroxylation sites is 1. The number of hydrogen-bond donors (Lipinski definition) is 1. The zero-order valence-electron chi connectivity index (χ0n) is 14.2. The number of halogens is 2. The predicted molar refractivity (Wildman–Crippen MR) is 94.3 cm³/mol. The Morgan fingerprint density at radius 2 is 1.80 bits per heavy atom. The van der Waals surface area contributed by atoms with E-state index >= 15 is 0 Å². The lowest BCUT2D eigenvalue weighted by atomic mass is 10.1. The van der Waals surface area contributed by atoms with Gasteiger partial charge in [0.2, 0.25) is 5.91 Å². The summed E-state index contributed by atoms with van der Waals surface area (Å²) in [5.41, 5.74) is 1.98. The van der Waals surface area contributed by atoms with Crippen LogP contribution < -0.4 is 5.32 Å². The fourth-order valence-electron chi connectivity index (χ4n) is 3.11. The molecule has 1 heterocycles. The molecule has 130 valence electrons. The number of hydrogen-bond acceptors (Lipinski definition) is 1. The Bertz CT molecular complexity index is 897. The lowest BCUT2D eigenvalue weighted by molar-refractivity contribution is -0.122. The van der Waals surface area contributed by atoms with Crippen molar-refractivity contribution in [3.05, 3.63) is 71.4 Å². The maximum Gasteiger partial charge on any atom is 0.240 e. The Morgan fingerprint density at radius 1 is 1.12 bits per heavy atom. The Balaban J connectivity index is 1.69. The molecule has 0 spiro atoms. The van der Waals surface area contributed by atoms with Gasteiger partial charge in [0.25, 0.3) is 0 Å². The van der Waals surface area contributed by atoms with Gasteiger partial charge in [0.05, 0.1) is 0 Å². The van der Waals surface area contributed by atoms with Gasteiger partial charge >= 0.3 is 0 Å². The van der Waals surface area contributed by atoms with Crippen molar-refractivity contribution in [3.63, 3.8) is 0 Å². The van der Waals surface area contributed by atoms with Crippen LogP contribution in [-0.2, 0) is 17.8 Å². The summed E-state index contributed by atoms with van der Waals surface area (Å²) in [4.78, 5) is 12.4. The van der Waals surface area contributed by atoms with E-state index in [0.717, 1.165) is 16.6 Å². The fraction of sp³-hybridized carbons (Fsp3) is 0.250. The first kappa shape index (κ1) is 17.1. The molecule has 0 aliphatic carbocycles. The van der Waals surface area contributed by atoms with Gasteiger partial charge in [-0.15, -0.1) is 0 Å². The summed E-state index contributed by atoms with van der Waals surface area (Å²) in [6, 6.07) is 13.3. The molecule has 0 bridgehead atoms. The smallest absolute Gasteiger partial charge is 0.240 e. The molecule has 0 saturated heterocycles. The molecule has 1 atom stereocenters. The lowest BCUT2D eigenvalue weighted by Crippen LogP contribution is -2.36. The zero-order valence-corrected chi connectivity index (χ0v) is 14.2. The van der Waals surface area contributed by atoms with E-state index in [1.165, 1.54) is 18.2 Å². The Morgan fingerprint density at radius 3 is 2.52 bits per heavy atom. The molecule has 1 N–H and O–H groups in total. The number of benzene rings is 2. The number of carbonyl (C=O) groups excluding carboxylic acids is 1. The zero-order chi connectivity index (χ0) is 18.0. The number of aromatic nitrogens is 1. The molecule has 5 heteroatoms. The largest absolute Gasteiger partial charge is 0.352 e. The quantitative estimate of drug-likeness (QED) is 0.748. The van der Waals surface area contributed by atoms with Gasteiger partial charge in [-0.2, -0.15) is 0 Å². The molecule has 0 aliphatic heterocycles. The van der Waals surface area contributed by atoms with E-state index in [2.05, 4.69) is 5.32 Å². The standard InChI is InChI=1S/C20H20F2N2O/c1-13(10-16-17(21)7-5-8-18(16)22)23-20(25)12-24-14(2)11-15-6-3-4-9-19(15)24/h3-9,11,13H,10,12H2,1-2H3,(H,23,25). The molecule has 0 radical (unpaired) electrons. The highest BCUT2D eigenvalue weighted by molar-refractivity contribution is 5.84. The van der Waals surface area contributed by atoms with E-state index in [0.29, 0.717) is 0 Å². The molecule has 3 nitrogen and oxygen atoms in total. The average molecular weight is 342 g/mol. The minimum atomic E-state index is -0.589. The van der Waals surface area contributed by atoms with E-state index in [1.54, 1.807) is 6.92 Å². The minimum Gasteiger partial charge on any atom is -0.352 e. The molecule has 1 amide bonds. The first-order valence-electron chi connectivity index (χ1n) is 8.23. The minimum absolute atomic E-state index is 0.00195. The Hall–Kier alpha value is -2.69. The fourth-order valence-corrected chi connectivity index (χ4v) is 3.11. The second-order valence-corrected chi connectivity index (χ2v) is 6.30. The molecule has 3 aromatic rings. The molecular formula is C20H20F2N2O. The molecule has 0 saturated carbocycles. The van der Waals surface area contributed by atoms with Crippen molar-refractivity contribution in [3.8, 4) is 0 Å². The van der Waals surface area contributed by atoms with Crippen molar-refractivity contribution < 1.29 is 13.6 Å². The van der Waals surface area contributed by atoms with Crippen LogP contribution in [0.3, 0.4) is 0 Å². The van der Waals surface area contributed by atoms with Gasteiger partial charge in [-0.1, -0.05) is 24.3 Å². The van der Waals surface area contributed by atoms with Crippen LogP contribution in [0.2, 0.25) is 0 Å². The van der Waals surface area contributed by atoms with E-state index in [4.69, 9.17) is 0 Å². The highest BCUT2D eigenvalue weighted by Gasteiger charge is 2.15. The van der Waals surface area contributed by atoms with Crippen LogP contribution in [0.5, 0.6) is 0 Å². The van der Waals surface area contributed by atoms with Gasteiger partial charge in [0.1, 0.15) is 18.2 Å². The van der Waals surface area contributed by atoms with Gasteiger partial charge in [0.15, 0.2) is 0 Å². The van der Waals surface area contributed by atoms with Gasteiger partial charge in [-0.25, -0.2) is 8.78 Å². The summed E-state index contributed by atoms with van der Waals surface area (Å²) in [6.07, 6.45) is 0.107. The number of rotatable bonds is 5. The van der Waals surface area contributed by atoms with Crippen molar-refractivity contribution in [1.29, 1.82) is 0 Å². The van der Waals surface area contributed by atoms with Gasteiger partial charge in [-0.3, -0.25) is 4.79 Å². The number of carbonyl (C=O) groups is 1. The second-order valence-electron chi connectivity index (χ2n) is 6.30. The molecule has 0 aliphatic rings. The first-order valence-corrected chi connectivity index (χ1v) is 8.23. The summed E-state index contributed by atoms with van der Waals surface area (Å²) in [5.74, 6) is -1.37. The van der Waals surface area contributed by atoms with Gasteiger partial charge in [0, 0.05) is 22.8 Å². The number of aryl methyl sites for hydroxylation is 1. The third-order valence-electron chi connectivity index (χ3n) is 4.30. The highest BCUT2D eigenvalue weighted by Crippen LogP contribution is 2.19. The lowest BCUT2D eigenvalue weighted by Gasteiger charge is -2.16. The third kappa shape index (κ3) is 3.71. The summed E-state index contributed by atoms with van der Waals surface area (Å²) in [6.45, 7) is 3.86. The molecule has 1 aromatic heterocycles. The van der Waals surface area contributed by atoms with Gasteiger partial charge < -0.3 is 9.88 Å². The Labute approximate surface area is 145 Å². The van der Waals surface area contributed by atoms with Crippen LogP contribution in [0.4, 0.5) is 8.78 Å². The molecular weight excluding hydrogens is 322 g/mol. The van der Waals surface area contributed by atoms with Crippen LogP contribution in [0, 0.1) is 18.6 Å². The maximum absolute atomic E-state index is 13.7. The number of nitrogens with one attached hydrogen (secondary N) is 1. The first-order chi connectivity index (χ1) is 12.0. The predicted octanol–water partition coefficient (Wildman–Crippen LogP) is 3.98. The molecule has 25 heavy (non-hydrogen) atoms. The molecule has 3 rings (SSSR count). The second kappa shape index (κ2) is 7.05. The Kier molecular flexibility index (Phi) is 4.83. The van der Waals surface area contributed by atoms with Crippen LogP contribution >= 0.6 is 0 Å². The summed E-state index contributed by atoms with van der Waals surface area (Å²) in [7, 11) is 0. The van der Waals surface area contributed by atoms with E-state index in [-0.39, 0.29) is 30.5 Å². The summed E-state index contributed by atoms with van der Waals surface area (Å²) < 4.78 is 29.4. The van der Waals surface area contributed by atoms with Crippen molar-refractivity contribution >= 4 is 16.8 Å². The molecule has 0 fully saturated rings. The highest BCUT2D eigenvalue weighted by atomic mass is 19.1. The maximum atomic E-state index is 13.7. The van der Waals surface area contributed by atoms with E-state index in [1.807, 2.05) is 41.8 Å². The number of nitrogens with zero attached hydrogens (tertiary/aromatic N) is 1. The van der Waals surface area contributed by atoms with E-state index < -0.39 is 11.6 Å². The molecule has 1 unspecified atom stereocenters. The van der Waals surface area contributed by atoms with Crippen molar-refractivity contribution in [1.82, 2.24) is 9.88 Å². The van der Waals surface area contributed by atoms with Crippen LogP contribution in [0.25, 0.3) is 10.9 Å². The monoisotopic (exact) mass is 342 g/mol. The van der Waals surface area contributed by atoms with Crippen molar-refractivity contribution in [2.75, 3.05) is 0 Å². The van der Waals surface area contributed by atoms with Crippen LogP contribution in [0.15, 0.2) is 48.5 Å². The van der Waals surface area contributed by atoms with Crippen LogP contribution in [0.1, 0.15) is 18.2 Å². The number of amides is 1. The van der Waals surface area contributed by atoms with Crippen LogP contribution in [-0.4, -0.2) is 16.5 Å². The van der Waals surface area contributed by atoms with Crippen molar-refractivity contribution in [2.24, 2.45) is 0 Å². The van der Waals surface area contributed by atoms with Crippen molar-refractivity contribution in [2.45, 2.75) is 32.9 Å². The number of fused-ring (bicyclic) bond motifs is 1. The van der Waals surface area contributed by atoms with Gasteiger partial charge in [-0.05, 0) is 49.9 Å². The summed E-state index contributed by atoms with van der Waals surface area (Å²) in [5, 5.41) is 3.90. The normalized spacial score (nSPS) is 12.3. The van der Waals surface area contributed by atoms with E-state index in [9.17, 15) is 13.6 Å².